The second kappa shape index (κ2) is 6.80. The fourth-order valence-electron chi connectivity index (χ4n) is 3.61. The zero-order valence-electron chi connectivity index (χ0n) is 13.5. The summed E-state index contributed by atoms with van der Waals surface area (Å²) in [6.07, 6.45) is 7.31. The quantitative estimate of drug-likeness (QED) is 0.790. The Morgan fingerprint density at radius 2 is 2.05 bits per heavy atom. The van der Waals surface area contributed by atoms with Crippen LogP contribution >= 0.6 is 0 Å². The highest BCUT2D eigenvalue weighted by molar-refractivity contribution is 7.92. The van der Waals surface area contributed by atoms with Gasteiger partial charge in [-0.2, -0.15) is 0 Å². The first-order valence-corrected chi connectivity index (χ1v) is 9.90. The molecule has 0 spiro atoms. The van der Waals surface area contributed by atoms with E-state index in [0.29, 0.717) is 44.4 Å². The van der Waals surface area contributed by atoms with Gasteiger partial charge in [0.25, 0.3) is 0 Å². The van der Waals surface area contributed by atoms with Crippen LogP contribution in [-0.2, 0) is 14.6 Å². The number of hydrogen-bond donors (Lipinski definition) is 1. The minimum atomic E-state index is -3.07. The van der Waals surface area contributed by atoms with Gasteiger partial charge in [-0.25, -0.2) is 8.42 Å². The third kappa shape index (κ3) is 3.88. The van der Waals surface area contributed by atoms with Crippen molar-refractivity contribution in [3.63, 3.8) is 0 Å². The third-order valence-electron chi connectivity index (χ3n) is 5.36. The monoisotopic (exact) mass is 315 g/mol. The molecule has 1 saturated heterocycles. The van der Waals surface area contributed by atoms with Crippen molar-refractivity contribution >= 4 is 9.84 Å². The first-order valence-electron chi connectivity index (χ1n) is 8.00. The summed E-state index contributed by atoms with van der Waals surface area (Å²) >= 11 is 0. The van der Waals surface area contributed by atoms with Crippen LogP contribution in [0, 0.1) is 11.8 Å². The lowest BCUT2D eigenvalue weighted by Gasteiger charge is -2.37. The van der Waals surface area contributed by atoms with E-state index in [1.807, 2.05) is 0 Å². The molecule has 0 unspecified atom stereocenters. The number of ether oxygens (including phenoxy) is 1. The lowest BCUT2D eigenvalue weighted by Crippen LogP contribution is -2.51. The van der Waals surface area contributed by atoms with E-state index in [0.717, 1.165) is 6.54 Å². The van der Waals surface area contributed by atoms with Crippen molar-refractivity contribution in [3.05, 3.63) is 11.6 Å². The third-order valence-corrected chi connectivity index (χ3v) is 7.49. The highest BCUT2D eigenvalue weighted by Gasteiger charge is 2.42. The maximum atomic E-state index is 12.2. The lowest BCUT2D eigenvalue weighted by atomic mass is 9.80. The Bertz CT molecular complexity index is 478. The summed E-state index contributed by atoms with van der Waals surface area (Å²) < 4.78 is 29.1. The van der Waals surface area contributed by atoms with E-state index >= 15 is 0 Å². The van der Waals surface area contributed by atoms with E-state index in [1.165, 1.54) is 24.7 Å². The smallest absolute Gasteiger partial charge is 0.154 e. The number of hydrogen-bond acceptors (Lipinski definition) is 4. The summed E-state index contributed by atoms with van der Waals surface area (Å²) in [4.78, 5) is 0. The molecule has 2 atom stereocenters. The van der Waals surface area contributed by atoms with Gasteiger partial charge in [-0.3, -0.25) is 0 Å². The molecule has 21 heavy (non-hydrogen) atoms. The summed E-state index contributed by atoms with van der Waals surface area (Å²) in [6.45, 7) is 7.01. The van der Waals surface area contributed by atoms with Gasteiger partial charge in [-0.15, -0.1) is 0 Å². The first kappa shape index (κ1) is 17.0. The molecule has 0 radical (unpaired) electrons. The van der Waals surface area contributed by atoms with Gasteiger partial charge in [0.15, 0.2) is 9.84 Å². The van der Waals surface area contributed by atoms with Crippen LogP contribution in [-0.4, -0.2) is 45.7 Å². The molecule has 0 aromatic carbocycles. The summed E-state index contributed by atoms with van der Waals surface area (Å²) in [5, 5.41) is 3.46. The zero-order chi connectivity index (χ0) is 15.5. The summed E-state index contributed by atoms with van der Waals surface area (Å²) in [7, 11) is -3.07. The standard InChI is InChI=1S/C16H29NO3S/c1-13-5-4-6-14(2)15(13)11-17-12-16(21(3,18)19)7-9-20-10-8-16/h5,14-15,17H,4,6-12H2,1-3H3/t14-,15-/m0/s1. The van der Waals surface area contributed by atoms with Crippen molar-refractivity contribution in [2.24, 2.45) is 11.8 Å². The average molecular weight is 315 g/mol. The van der Waals surface area contributed by atoms with Gasteiger partial charge in [0, 0.05) is 32.6 Å². The SMILES string of the molecule is CC1=CCC[C@H](C)[C@H]1CNCC1(S(C)(=O)=O)CCOCC1. The number of allylic oxidation sites excluding steroid dienone is 1. The normalized spacial score (nSPS) is 30.0. The maximum absolute atomic E-state index is 12.2. The van der Waals surface area contributed by atoms with Crippen molar-refractivity contribution in [1.82, 2.24) is 5.32 Å². The van der Waals surface area contributed by atoms with Gasteiger partial charge in [0.05, 0.1) is 4.75 Å². The lowest BCUT2D eigenvalue weighted by molar-refractivity contribution is 0.0742. The van der Waals surface area contributed by atoms with Crippen molar-refractivity contribution in [1.29, 1.82) is 0 Å². The summed E-state index contributed by atoms with van der Waals surface area (Å²) in [5.41, 5.74) is 1.45. The minimum absolute atomic E-state index is 0.537. The van der Waals surface area contributed by atoms with Crippen molar-refractivity contribution < 1.29 is 13.2 Å². The first-order chi connectivity index (χ1) is 9.86. The highest BCUT2D eigenvalue weighted by atomic mass is 32.2. The Balaban J connectivity index is 1.97. The van der Waals surface area contributed by atoms with Gasteiger partial charge in [-0.05, 0) is 44.4 Å². The van der Waals surface area contributed by atoms with Gasteiger partial charge < -0.3 is 10.1 Å². The van der Waals surface area contributed by atoms with E-state index in [4.69, 9.17) is 4.74 Å². The molecule has 4 nitrogen and oxygen atoms in total. The molecule has 1 N–H and O–H groups in total. The molecule has 122 valence electrons. The largest absolute Gasteiger partial charge is 0.381 e. The molecule has 0 saturated carbocycles. The Morgan fingerprint density at radius 1 is 1.38 bits per heavy atom. The molecule has 5 heteroatoms. The molecule has 0 amide bonds. The van der Waals surface area contributed by atoms with Gasteiger partial charge in [-0.1, -0.05) is 18.6 Å². The van der Waals surface area contributed by atoms with Crippen LogP contribution in [0.15, 0.2) is 11.6 Å². The van der Waals surface area contributed by atoms with E-state index in [2.05, 4.69) is 25.2 Å². The van der Waals surface area contributed by atoms with E-state index in [9.17, 15) is 8.42 Å². The summed E-state index contributed by atoms with van der Waals surface area (Å²) in [5.74, 6) is 1.21. The fourth-order valence-corrected chi connectivity index (χ4v) is 4.89. The second-order valence-corrected chi connectivity index (χ2v) is 9.22. The van der Waals surface area contributed by atoms with Crippen molar-refractivity contribution in [2.45, 2.75) is 44.3 Å². The van der Waals surface area contributed by atoms with Crippen LogP contribution in [0.1, 0.15) is 39.5 Å². The molecule has 0 aromatic rings. The molecule has 2 rings (SSSR count). The average Bonchev–Trinajstić information content (AvgIpc) is 2.42. The van der Waals surface area contributed by atoms with Crippen LogP contribution in [0.5, 0.6) is 0 Å². The molecule has 0 aromatic heterocycles. The molecular weight excluding hydrogens is 286 g/mol. The van der Waals surface area contributed by atoms with E-state index < -0.39 is 14.6 Å². The molecule has 1 aliphatic heterocycles. The predicted octanol–water partition coefficient (Wildman–Crippen LogP) is 2.16. The zero-order valence-corrected chi connectivity index (χ0v) is 14.3. The van der Waals surface area contributed by atoms with Gasteiger partial charge in [0.2, 0.25) is 0 Å². The number of nitrogens with one attached hydrogen (secondary N) is 1. The Hall–Kier alpha value is -0.390. The predicted molar refractivity (Wildman–Crippen MR) is 86.1 cm³/mol. The molecule has 0 bridgehead atoms. The Morgan fingerprint density at radius 3 is 2.62 bits per heavy atom. The summed E-state index contributed by atoms with van der Waals surface area (Å²) in [6, 6.07) is 0. The molecule has 1 heterocycles. The highest BCUT2D eigenvalue weighted by Crippen LogP contribution is 2.31. The molecule has 2 aliphatic rings. The maximum Gasteiger partial charge on any atom is 0.154 e. The fraction of sp³-hybridized carbons (Fsp3) is 0.875. The van der Waals surface area contributed by atoms with E-state index in [-0.39, 0.29) is 0 Å². The van der Waals surface area contributed by atoms with Crippen LogP contribution in [0.25, 0.3) is 0 Å². The molecule has 1 aliphatic carbocycles. The molecule has 1 fully saturated rings. The number of sulfone groups is 1. The number of rotatable bonds is 5. The molecular formula is C16H29NO3S. The second-order valence-electron chi connectivity index (χ2n) is 6.81. The minimum Gasteiger partial charge on any atom is -0.381 e. The van der Waals surface area contributed by atoms with Crippen molar-refractivity contribution in [2.75, 3.05) is 32.6 Å². The topological polar surface area (TPSA) is 55.4 Å². The Labute approximate surface area is 129 Å². The van der Waals surface area contributed by atoms with Crippen LogP contribution < -0.4 is 5.32 Å². The van der Waals surface area contributed by atoms with Crippen LogP contribution in [0.3, 0.4) is 0 Å². The van der Waals surface area contributed by atoms with Crippen LogP contribution in [0.2, 0.25) is 0 Å². The Kier molecular flexibility index (Phi) is 5.49. The van der Waals surface area contributed by atoms with Gasteiger partial charge >= 0.3 is 0 Å². The van der Waals surface area contributed by atoms with Crippen LogP contribution in [0.4, 0.5) is 0 Å². The van der Waals surface area contributed by atoms with Crippen molar-refractivity contribution in [3.8, 4) is 0 Å². The van der Waals surface area contributed by atoms with E-state index in [1.54, 1.807) is 0 Å². The van der Waals surface area contributed by atoms with Gasteiger partial charge in [0.1, 0.15) is 0 Å².